The molecule has 0 aromatic heterocycles. The molecule has 1 fully saturated rings. The number of aliphatic hydroxyl groups excluding tert-OH is 1. The van der Waals surface area contributed by atoms with Crippen molar-refractivity contribution in [1.82, 2.24) is 4.90 Å². The van der Waals surface area contributed by atoms with Gasteiger partial charge in [-0.1, -0.05) is 5.16 Å². The summed E-state index contributed by atoms with van der Waals surface area (Å²) >= 11 is 0. The van der Waals surface area contributed by atoms with Gasteiger partial charge in [-0.2, -0.15) is 0 Å². The zero-order valence-electron chi connectivity index (χ0n) is 11.5. The van der Waals surface area contributed by atoms with Crippen molar-refractivity contribution in [2.75, 3.05) is 13.1 Å². The topological polar surface area (TPSA) is 82.1 Å². The molecule has 0 aliphatic carbocycles. The summed E-state index contributed by atoms with van der Waals surface area (Å²) in [5.74, 6) is -0.239. The fraction of sp³-hybridized carbons (Fsp3) is 0.500. The molecule has 1 aliphatic heterocycles. The number of nitrogens with two attached hydrogens (primary N) is 1. The first-order valence-electron chi connectivity index (χ1n) is 6.67. The van der Waals surface area contributed by atoms with Crippen LogP contribution in [0.15, 0.2) is 23.4 Å². The third kappa shape index (κ3) is 3.46. The summed E-state index contributed by atoms with van der Waals surface area (Å²) in [7, 11) is 0. The lowest BCUT2D eigenvalue weighted by Crippen LogP contribution is -2.24. The van der Waals surface area contributed by atoms with Gasteiger partial charge in [0.2, 0.25) is 0 Å². The van der Waals surface area contributed by atoms with Gasteiger partial charge >= 0.3 is 0 Å². The molecule has 0 amide bonds. The normalized spacial score (nSPS) is 22.1. The van der Waals surface area contributed by atoms with Gasteiger partial charge in [0, 0.05) is 18.7 Å². The molecule has 2 unspecified atom stereocenters. The fourth-order valence-corrected chi connectivity index (χ4v) is 2.61. The average molecular weight is 281 g/mol. The Morgan fingerprint density at radius 2 is 2.30 bits per heavy atom. The van der Waals surface area contributed by atoms with Crippen LogP contribution in [0.3, 0.4) is 0 Å². The van der Waals surface area contributed by atoms with Gasteiger partial charge < -0.3 is 16.0 Å². The van der Waals surface area contributed by atoms with Crippen molar-refractivity contribution in [3.63, 3.8) is 0 Å². The maximum atomic E-state index is 13.6. The van der Waals surface area contributed by atoms with Crippen LogP contribution < -0.4 is 5.73 Å². The monoisotopic (exact) mass is 281 g/mol. The van der Waals surface area contributed by atoms with Crippen LogP contribution in [0.2, 0.25) is 0 Å². The van der Waals surface area contributed by atoms with Gasteiger partial charge in [-0.25, -0.2) is 4.39 Å². The number of nitrogens with zero attached hydrogens (tertiary/aromatic N) is 2. The minimum atomic E-state index is -0.407. The quantitative estimate of drug-likeness (QED) is 0.334. The number of aliphatic hydroxyl groups is 1. The molecule has 2 atom stereocenters. The summed E-state index contributed by atoms with van der Waals surface area (Å²) in [6.07, 6.45) is 0.625. The van der Waals surface area contributed by atoms with Gasteiger partial charge in [-0.05, 0) is 49.6 Å². The number of hydrogen-bond acceptors (Lipinski definition) is 4. The van der Waals surface area contributed by atoms with Crippen molar-refractivity contribution >= 4 is 5.84 Å². The van der Waals surface area contributed by atoms with E-state index >= 15 is 0 Å². The van der Waals surface area contributed by atoms with Gasteiger partial charge in [0.25, 0.3) is 0 Å². The predicted octanol–water partition coefficient (Wildman–Crippen LogP) is 1.12. The molecule has 1 saturated heterocycles. The maximum absolute atomic E-state index is 13.6. The van der Waals surface area contributed by atoms with E-state index in [9.17, 15) is 9.50 Å². The second-order valence-electron chi connectivity index (χ2n) is 5.36. The maximum Gasteiger partial charge on any atom is 0.170 e. The van der Waals surface area contributed by atoms with E-state index in [-0.39, 0.29) is 17.9 Å². The number of benzene rings is 1. The molecule has 0 saturated carbocycles. The summed E-state index contributed by atoms with van der Waals surface area (Å²) in [5.41, 5.74) is 6.63. The molecule has 6 heteroatoms. The van der Waals surface area contributed by atoms with Crippen molar-refractivity contribution in [3.8, 4) is 0 Å². The molecule has 4 N–H and O–H groups in total. The summed E-state index contributed by atoms with van der Waals surface area (Å²) in [5, 5.41) is 21.1. The lowest BCUT2D eigenvalue weighted by atomic mass is 10.0. The Morgan fingerprint density at radius 3 is 2.90 bits per heavy atom. The molecule has 1 aromatic rings. The van der Waals surface area contributed by atoms with E-state index in [0.29, 0.717) is 12.1 Å². The van der Waals surface area contributed by atoms with Crippen LogP contribution in [0.1, 0.15) is 24.5 Å². The number of amidine groups is 1. The van der Waals surface area contributed by atoms with Gasteiger partial charge in [-0.3, -0.25) is 4.90 Å². The molecule has 5 nitrogen and oxygen atoms in total. The lowest BCUT2D eigenvalue weighted by molar-refractivity contribution is 0.127. The minimum absolute atomic E-state index is 0.103. The molecular weight excluding hydrogens is 261 g/mol. The largest absolute Gasteiger partial charge is 0.409 e. The molecule has 2 rings (SSSR count). The van der Waals surface area contributed by atoms with Crippen LogP contribution in [-0.4, -0.2) is 40.2 Å². The summed E-state index contributed by atoms with van der Waals surface area (Å²) in [6, 6.07) is 4.40. The van der Waals surface area contributed by atoms with E-state index in [4.69, 9.17) is 10.9 Å². The van der Waals surface area contributed by atoms with Crippen LogP contribution in [0.25, 0.3) is 0 Å². The van der Waals surface area contributed by atoms with Crippen LogP contribution in [-0.2, 0) is 6.54 Å². The highest BCUT2D eigenvalue weighted by Gasteiger charge is 2.25. The Hall–Kier alpha value is -1.66. The molecule has 110 valence electrons. The number of likely N-dealkylation sites (tertiary alicyclic amines) is 1. The van der Waals surface area contributed by atoms with Crippen molar-refractivity contribution in [2.45, 2.75) is 26.0 Å². The van der Waals surface area contributed by atoms with Gasteiger partial charge in [-0.15, -0.1) is 0 Å². The van der Waals surface area contributed by atoms with Crippen molar-refractivity contribution in [3.05, 3.63) is 35.1 Å². The number of halogens is 1. The van der Waals surface area contributed by atoms with Crippen molar-refractivity contribution < 1.29 is 14.7 Å². The molecule has 20 heavy (non-hydrogen) atoms. The first-order valence-corrected chi connectivity index (χ1v) is 6.67. The molecule has 1 heterocycles. The van der Waals surface area contributed by atoms with E-state index in [1.807, 2.05) is 0 Å². The van der Waals surface area contributed by atoms with Crippen LogP contribution in [0, 0.1) is 11.7 Å². The standard InChI is InChI=1S/C14H20FN3O2/c1-9(19)11-2-3-18(8-11)7-10-4-12(14(16)17-20)6-13(15)5-10/h4-6,9,11,19-20H,2-3,7-8H2,1H3,(H2,16,17). The summed E-state index contributed by atoms with van der Waals surface area (Å²) < 4.78 is 13.6. The van der Waals surface area contributed by atoms with E-state index in [2.05, 4.69) is 10.1 Å². The molecule has 0 spiro atoms. The highest BCUT2D eigenvalue weighted by Crippen LogP contribution is 2.22. The smallest absolute Gasteiger partial charge is 0.170 e. The average Bonchev–Trinajstić information content (AvgIpc) is 2.85. The summed E-state index contributed by atoms with van der Waals surface area (Å²) in [4.78, 5) is 2.17. The minimum Gasteiger partial charge on any atom is -0.409 e. The van der Waals surface area contributed by atoms with Gasteiger partial charge in [0.1, 0.15) is 5.82 Å². The fourth-order valence-electron chi connectivity index (χ4n) is 2.61. The Morgan fingerprint density at radius 1 is 1.55 bits per heavy atom. The SMILES string of the molecule is CC(O)C1CCN(Cc2cc(F)cc(/C(N)=N/O)c2)C1. The Labute approximate surface area is 117 Å². The van der Waals surface area contributed by atoms with E-state index in [1.54, 1.807) is 13.0 Å². The van der Waals surface area contributed by atoms with E-state index < -0.39 is 5.82 Å². The predicted molar refractivity (Wildman–Crippen MR) is 74.0 cm³/mol. The third-order valence-corrected chi connectivity index (χ3v) is 3.76. The second kappa shape index (κ2) is 6.19. The highest BCUT2D eigenvalue weighted by molar-refractivity contribution is 5.97. The Bertz CT molecular complexity index is 505. The van der Waals surface area contributed by atoms with Crippen molar-refractivity contribution in [1.29, 1.82) is 0 Å². The zero-order chi connectivity index (χ0) is 14.7. The van der Waals surface area contributed by atoms with Gasteiger partial charge in [0.05, 0.1) is 6.10 Å². The Kier molecular flexibility index (Phi) is 4.57. The number of hydrogen-bond donors (Lipinski definition) is 3. The number of rotatable bonds is 4. The zero-order valence-corrected chi connectivity index (χ0v) is 11.5. The summed E-state index contributed by atoms with van der Waals surface area (Å²) in [6.45, 7) is 4.07. The first kappa shape index (κ1) is 14.7. The van der Waals surface area contributed by atoms with Crippen molar-refractivity contribution in [2.24, 2.45) is 16.8 Å². The third-order valence-electron chi connectivity index (χ3n) is 3.76. The molecule has 1 aromatic carbocycles. The van der Waals surface area contributed by atoms with Crippen LogP contribution >= 0.6 is 0 Å². The molecular formula is C14H20FN3O2. The van der Waals surface area contributed by atoms with Gasteiger partial charge in [0.15, 0.2) is 5.84 Å². The second-order valence-corrected chi connectivity index (χ2v) is 5.36. The molecule has 0 bridgehead atoms. The van der Waals surface area contributed by atoms with Crippen LogP contribution in [0.5, 0.6) is 0 Å². The Balaban J connectivity index is 2.09. The number of oxime groups is 1. The molecule has 0 radical (unpaired) electrons. The van der Waals surface area contributed by atoms with E-state index in [1.165, 1.54) is 12.1 Å². The van der Waals surface area contributed by atoms with Crippen LogP contribution in [0.4, 0.5) is 4.39 Å². The first-order chi connectivity index (χ1) is 9.49. The van der Waals surface area contributed by atoms with E-state index in [0.717, 1.165) is 25.1 Å². The highest BCUT2D eigenvalue weighted by atomic mass is 19.1. The molecule has 1 aliphatic rings. The lowest BCUT2D eigenvalue weighted by Gasteiger charge is -2.17.